The maximum Gasteiger partial charge on any atom is 0.253 e. The van der Waals surface area contributed by atoms with Crippen molar-refractivity contribution in [2.75, 3.05) is 39.3 Å². The SMILES string of the molecule is C/C=C(/C(=O)NCCO)c1ncc(OC)cc1N(C)Cc1ncnc(OC)c1C. The quantitative estimate of drug-likeness (QED) is 0.606. The van der Waals surface area contributed by atoms with Crippen LogP contribution in [0.4, 0.5) is 5.69 Å². The summed E-state index contributed by atoms with van der Waals surface area (Å²) in [5, 5.41) is 11.7. The second-order valence-corrected chi connectivity index (χ2v) is 6.24. The molecule has 0 aliphatic heterocycles. The third kappa shape index (κ3) is 5.20. The Balaban J connectivity index is 2.43. The minimum Gasteiger partial charge on any atom is -0.495 e. The maximum absolute atomic E-state index is 12.5. The Labute approximate surface area is 170 Å². The van der Waals surface area contributed by atoms with Crippen LogP contribution in [0.15, 0.2) is 24.7 Å². The third-order valence-electron chi connectivity index (χ3n) is 4.40. The number of pyridine rings is 1. The van der Waals surface area contributed by atoms with Gasteiger partial charge in [-0.3, -0.25) is 4.79 Å². The predicted molar refractivity (Wildman–Crippen MR) is 110 cm³/mol. The van der Waals surface area contributed by atoms with E-state index in [4.69, 9.17) is 14.6 Å². The molecular weight excluding hydrogens is 374 g/mol. The number of allylic oxidation sites excluding steroid dienone is 1. The van der Waals surface area contributed by atoms with Crippen molar-refractivity contribution in [3.8, 4) is 11.6 Å². The Morgan fingerprint density at radius 3 is 2.66 bits per heavy atom. The smallest absolute Gasteiger partial charge is 0.253 e. The number of aliphatic hydroxyl groups excluding tert-OH is 1. The van der Waals surface area contributed by atoms with Crippen molar-refractivity contribution in [1.29, 1.82) is 0 Å². The molecule has 0 aliphatic carbocycles. The summed E-state index contributed by atoms with van der Waals surface area (Å²) < 4.78 is 10.6. The van der Waals surface area contributed by atoms with E-state index in [9.17, 15) is 4.79 Å². The van der Waals surface area contributed by atoms with E-state index < -0.39 is 0 Å². The molecule has 9 nitrogen and oxygen atoms in total. The molecule has 0 bridgehead atoms. The van der Waals surface area contributed by atoms with Crippen molar-refractivity contribution < 1.29 is 19.4 Å². The third-order valence-corrected chi connectivity index (χ3v) is 4.40. The van der Waals surface area contributed by atoms with Gasteiger partial charge in [-0.15, -0.1) is 0 Å². The number of aromatic nitrogens is 3. The molecule has 0 aromatic carbocycles. The number of rotatable bonds is 9. The highest BCUT2D eigenvalue weighted by molar-refractivity contribution is 6.20. The molecule has 0 radical (unpaired) electrons. The number of nitrogens with one attached hydrogen (secondary N) is 1. The Hall–Kier alpha value is -3.20. The van der Waals surface area contributed by atoms with Crippen LogP contribution in [0.5, 0.6) is 11.6 Å². The van der Waals surface area contributed by atoms with Gasteiger partial charge in [0, 0.05) is 25.2 Å². The summed E-state index contributed by atoms with van der Waals surface area (Å²) >= 11 is 0. The molecule has 0 saturated heterocycles. The van der Waals surface area contributed by atoms with Crippen molar-refractivity contribution in [2.24, 2.45) is 0 Å². The van der Waals surface area contributed by atoms with Crippen LogP contribution in [0.3, 0.4) is 0 Å². The zero-order chi connectivity index (χ0) is 21.4. The molecule has 0 spiro atoms. The molecule has 156 valence electrons. The highest BCUT2D eigenvalue weighted by atomic mass is 16.5. The van der Waals surface area contributed by atoms with E-state index in [1.807, 2.05) is 24.9 Å². The van der Waals surface area contributed by atoms with Gasteiger partial charge in [-0.05, 0) is 13.8 Å². The molecule has 2 aromatic heterocycles. The standard InChI is InChI=1S/C20H27N5O4/c1-6-15(19(27)21-7-8-26)18-17(9-14(28-4)10-22-18)25(3)11-16-13(2)20(29-5)24-12-23-16/h6,9-10,12,26H,7-8,11H2,1-5H3,(H,21,27)/b15-6+. The van der Waals surface area contributed by atoms with E-state index in [0.717, 1.165) is 11.3 Å². The first-order valence-electron chi connectivity index (χ1n) is 9.12. The lowest BCUT2D eigenvalue weighted by Crippen LogP contribution is -2.28. The van der Waals surface area contributed by atoms with Gasteiger partial charge in [0.2, 0.25) is 5.88 Å². The highest BCUT2D eigenvalue weighted by Gasteiger charge is 2.20. The van der Waals surface area contributed by atoms with E-state index in [2.05, 4.69) is 20.3 Å². The van der Waals surface area contributed by atoms with Crippen molar-refractivity contribution >= 4 is 17.2 Å². The van der Waals surface area contributed by atoms with Gasteiger partial charge >= 0.3 is 0 Å². The molecule has 2 heterocycles. The van der Waals surface area contributed by atoms with Gasteiger partial charge in [0.15, 0.2) is 0 Å². The molecule has 1 amide bonds. The number of ether oxygens (including phenoxy) is 2. The molecule has 0 atom stereocenters. The summed E-state index contributed by atoms with van der Waals surface area (Å²) in [4.78, 5) is 27.4. The number of anilines is 1. The van der Waals surface area contributed by atoms with E-state index >= 15 is 0 Å². The van der Waals surface area contributed by atoms with Crippen LogP contribution in [0.1, 0.15) is 23.9 Å². The maximum atomic E-state index is 12.5. The summed E-state index contributed by atoms with van der Waals surface area (Å²) in [6.07, 6.45) is 4.71. The minimum atomic E-state index is -0.311. The highest BCUT2D eigenvalue weighted by Crippen LogP contribution is 2.30. The predicted octanol–water partition coefficient (Wildman–Crippen LogP) is 1.35. The van der Waals surface area contributed by atoms with Gasteiger partial charge in [-0.1, -0.05) is 6.08 Å². The molecule has 9 heteroatoms. The average Bonchev–Trinajstić information content (AvgIpc) is 2.74. The summed E-state index contributed by atoms with van der Waals surface area (Å²) in [6.45, 7) is 4.13. The summed E-state index contributed by atoms with van der Waals surface area (Å²) in [5.41, 5.74) is 3.24. The van der Waals surface area contributed by atoms with Crippen LogP contribution >= 0.6 is 0 Å². The number of hydrogen-bond donors (Lipinski definition) is 2. The second kappa shape index (κ2) is 10.4. The molecule has 0 unspecified atom stereocenters. The summed E-state index contributed by atoms with van der Waals surface area (Å²) in [6, 6.07) is 1.82. The van der Waals surface area contributed by atoms with Crippen LogP contribution in [0.25, 0.3) is 5.57 Å². The van der Waals surface area contributed by atoms with Gasteiger partial charge < -0.3 is 24.8 Å². The van der Waals surface area contributed by atoms with Gasteiger partial charge in [0.1, 0.15) is 12.1 Å². The number of carbonyl (C=O) groups excluding carboxylic acids is 1. The number of methoxy groups -OCH3 is 2. The Morgan fingerprint density at radius 1 is 1.28 bits per heavy atom. The van der Waals surface area contributed by atoms with Crippen LogP contribution < -0.4 is 19.7 Å². The zero-order valence-electron chi connectivity index (χ0n) is 17.4. The largest absolute Gasteiger partial charge is 0.495 e. The number of amides is 1. The van der Waals surface area contributed by atoms with Gasteiger partial charge in [-0.25, -0.2) is 15.0 Å². The van der Waals surface area contributed by atoms with E-state index in [1.54, 1.807) is 33.4 Å². The van der Waals surface area contributed by atoms with Crippen molar-refractivity contribution in [2.45, 2.75) is 20.4 Å². The van der Waals surface area contributed by atoms with Crippen LogP contribution in [-0.2, 0) is 11.3 Å². The average molecular weight is 401 g/mol. The molecule has 2 aromatic rings. The minimum absolute atomic E-state index is 0.139. The molecule has 0 aliphatic rings. The molecule has 2 rings (SSSR count). The number of aliphatic hydroxyl groups is 1. The lowest BCUT2D eigenvalue weighted by Gasteiger charge is -2.23. The zero-order valence-corrected chi connectivity index (χ0v) is 17.4. The van der Waals surface area contributed by atoms with E-state index in [1.165, 1.54) is 6.33 Å². The second-order valence-electron chi connectivity index (χ2n) is 6.24. The Bertz CT molecular complexity index is 885. The summed E-state index contributed by atoms with van der Waals surface area (Å²) in [5.74, 6) is 0.775. The normalized spacial score (nSPS) is 11.2. The Morgan fingerprint density at radius 2 is 2.03 bits per heavy atom. The lowest BCUT2D eigenvalue weighted by molar-refractivity contribution is -0.115. The lowest BCUT2D eigenvalue weighted by atomic mass is 10.1. The number of carbonyl (C=O) groups is 1. The fourth-order valence-electron chi connectivity index (χ4n) is 2.83. The first kappa shape index (κ1) is 22.1. The van der Waals surface area contributed by atoms with Crippen LogP contribution in [0.2, 0.25) is 0 Å². The van der Waals surface area contributed by atoms with Crippen LogP contribution in [0, 0.1) is 6.92 Å². The van der Waals surface area contributed by atoms with Crippen molar-refractivity contribution in [3.05, 3.63) is 41.6 Å². The van der Waals surface area contributed by atoms with Crippen LogP contribution in [-0.4, -0.2) is 60.4 Å². The van der Waals surface area contributed by atoms with Gasteiger partial charge in [0.05, 0.1) is 56.2 Å². The number of nitrogens with zero attached hydrogens (tertiary/aromatic N) is 4. The molecule has 29 heavy (non-hydrogen) atoms. The van der Waals surface area contributed by atoms with Crippen molar-refractivity contribution in [1.82, 2.24) is 20.3 Å². The van der Waals surface area contributed by atoms with Gasteiger partial charge in [-0.2, -0.15) is 0 Å². The molecular formula is C20H27N5O4. The van der Waals surface area contributed by atoms with E-state index in [-0.39, 0.29) is 19.1 Å². The topological polar surface area (TPSA) is 110 Å². The van der Waals surface area contributed by atoms with E-state index in [0.29, 0.717) is 35.1 Å². The summed E-state index contributed by atoms with van der Waals surface area (Å²) in [7, 11) is 5.01. The number of hydrogen-bond acceptors (Lipinski definition) is 8. The molecule has 0 fully saturated rings. The first-order chi connectivity index (χ1) is 14.0. The monoisotopic (exact) mass is 401 g/mol. The molecule has 0 saturated carbocycles. The van der Waals surface area contributed by atoms with Crippen molar-refractivity contribution in [3.63, 3.8) is 0 Å². The fraction of sp³-hybridized carbons (Fsp3) is 0.400. The molecule has 2 N–H and O–H groups in total. The Kier molecular flexibility index (Phi) is 7.90. The first-order valence-corrected chi connectivity index (χ1v) is 9.12. The van der Waals surface area contributed by atoms with Gasteiger partial charge in [0.25, 0.3) is 5.91 Å². The fourth-order valence-corrected chi connectivity index (χ4v) is 2.83.